The molecule has 7 heteroatoms. The normalized spacial score (nSPS) is 12.4. The molecule has 0 radical (unpaired) electrons. The topological polar surface area (TPSA) is 106 Å². The van der Waals surface area contributed by atoms with Gasteiger partial charge in [0.1, 0.15) is 5.75 Å². The van der Waals surface area contributed by atoms with Crippen LogP contribution in [0.2, 0.25) is 0 Å². The average molecular weight is 379 g/mol. The molecule has 0 fully saturated rings. The zero-order chi connectivity index (χ0) is 20.1. The van der Waals surface area contributed by atoms with E-state index in [-0.39, 0.29) is 5.84 Å². The van der Waals surface area contributed by atoms with Gasteiger partial charge in [0.15, 0.2) is 11.9 Å². The van der Waals surface area contributed by atoms with Gasteiger partial charge in [0, 0.05) is 11.3 Å². The number of esters is 1. The Labute approximate surface area is 162 Å². The van der Waals surface area contributed by atoms with E-state index in [9.17, 15) is 4.79 Å². The molecule has 3 aromatic rings. The summed E-state index contributed by atoms with van der Waals surface area (Å²) in [5.74, 6) is 0.342. The van der Waals surface area contributed by atoms with Crippen molar-refractivity contribution in [3.8, 4) is 5.75 Å². The smallest absolute Gasteiger partial charge is 0.333 e. The van der Waals surface area contributed by atoms with Gasteiger partial charge in [0.25, 0.3) is 0 Å². The molecule has 0 spiro atoms. The van der Waals surface area contributed by atoms with Crippen molar-refractivity contribution in [3.63, 3.8) is 0 Å². The third kappa shape index (κ3) is 3.83. The van der Waals surface area contributed by atoms with Crippen LogP contribution >= 0.6 is 0 Å². The predicted molar refractivity (Wildman–Crippen MR) is 108 cm³/mol. The van der Waals surface area contributed by atoms with Crippen LogP contribution < -0.4 is 15.8 Å². The molecule has 0 aromatic heterocycles. The first-order valence-corrected chi connectivity index (χ1v) is 8.56. The molecule has 0 saturated carbocycles. The molecule has 3 rings (SSSR count). The molecule has 0 aliphatic heterocycles. The maximum Gasteiger partial charge on any atom is 0.333 e. The van der Waals surface area contributed by atoms with Crippen LogP contribution in [-0.2, 0) is 9.53 Å². The molecule has 0 bridgehead atoms. The lowest BCUT2D eigenvalue weighted by Crippen LogP contribution is -2.22. The van der Waals surface area contributed by atoms with Crippen LogP contribution in [-0.4, -0.2) is 31.2 Å². The molecule has 0 heterocycles. The van der Waals surface area contributed by atoms with Crippen LogP contribution in [0.4, 0.5) is 5.69 Å². The van der Waals surface area contributed by atoms with Crippen molar-refractivity contribution in [2.75, 3.05) is 19.5 Å². The van der Waals surface area contributed by atoms with E-state index in [1.165, 1.54) is 7.11 Å². The fraction of sp³-hybridized carbons (Fsp3) is 0.143. The molecular formula is C21H21N3O4. The number of anilines is 1. The standard InChI is InChI=1S/C21H21N3O4/c1-27-16-10-11-17-14(12-16)4-3-5-18(17)19(21(25)28-2)23-15-8-6-13(7-9-15)20(22)24-26/h3-12,19,23,26H,1-2H3,(H2,22,24). The molecule has 1 atom stereocenters. The molecule has 3 aromatic carbocycles. The monoisotopic (exact) mass is 379 g/mol. The lowest BCUT2D eigenvalue weighted by Gasteiger charge is -2.20. The highest BCUT2D eigenvalue weighted by atomic mass is 16.5. The van der Waals surface area contributed by atoms with E-state index >= 15 is 0 Å². The molecule has 28 heavy (non-hydrogen) atoms. The SMILES string of the molecule is COC(=O)C(Nc1ccc(C(N)=NO)cc1)c1cccc2cc(OC)ccc12. The van der Waals surface area contributed by atoms with Crippen molar-refractivity contribution in [1.82, 2.24) is 0 Å². The number of benzene rings is 3. The van der Waals surface area contributed by atoms with Gasteiger partial charge in [-0.1, -0.05) is 29.4 Å². The minimum atomic E-state index is -0.711. The van der Waals surface area contributed by atoms with Crippen molar-refractivity contribution >= 4 is 28.3 Å². The molecule has 1 unspecified atom stereocenters. The van der Waals surface area contributed by atoms with E-state index in [1.807, 2.05) is 36.4 Å². The van der Waals surface area contributed by atoms with E-state index in [4.69, 9.17) is 20.4 Å². The number of rotatable bonds is 6. The van der Waals surface area contributed by atoms with E-state index < -0.39 is 12.0 Å². The largest absolute Gasteiger partial charge is 0.497 e. The Morgan fingerprint density at radius 3 is 2.50 bits per heavy atom. The van der Waals surface area contributed by atoms with Gasteiger partial charge in [-0.05, 0) is 52.7 Å². The summed E-state index contributed by atoms with van der Waals surface area (Å²) in [5, 5.41) is 16.8. The quantitative estimate of drug-likeness (QED) is 0.200. The second-order valence-corrected chi connectivity index (χ2v) is 6.10. The third-order valence-electron chi connectivity index (χ3n) is 4.47. The Kier molecular flexibility index (Phi) is 5.64. The molecule has 0 saturated heterocycles. The maximum atomic E-state index is 12.5. The highest BCUT2D eigenvalue weighted by Crippen LogP contribution is 2.30. The second kappa shape index (κ2) is 8.30. The number of ether oxygens (including phenoxy) is 2. The Balaban J connectivity index is 1.99. The van der Waals surface area contributed by atoms with Gasteiger partial charge in [-0.25, -0.2) is 4.79 Å². The number of oxime groups is 1. The summed E-state index contributed by atoms with van der Waals surface area (Å²) >= 11 is 0. The van der Waals surface area contributed by atoms with Gasteiger partial charge in [0.05, 0.1) is 14.2 Å². The minimum absolute atomic E-state index is 0.0130. The van der Waals surface area contributed by atoms with Gasteiger partial charge in [0.2, 0.25) is 0 Å². The lowest BCUT2D eigenvalue weighted by atomic mass is 9.98. The van der Waals surface area contributed by atoms with Crippen molar-refractivity contribution in [1.29, 1.82) is 0 Å². The first kappa shape index (κ1) is 19.0. The number of nitrogens with one attached hydrogen (secondary N) is 1. The van der Waals surface area contributed by atoms with Gasteiger partial charge >= 0.3 is 5.97 Å². The van der Waals surface area contributed by atoms with Crippen LogP contribution in [0.1, 0.15) is 17.2 Å². The number of carbonyl (C=O) groups excluding carboxylic acids is 1. The van der Waals surface area contributed by atoms with E-state index in [0.717, 1.165) is 22.1 Å². The summed E-state index contributed by atoms with van der Waals surface area (Å²) in [7, 11) is 2.97. The minimum Gasteiger partial charge on any atom is -0.497 e. The third-order valence-corrected chi connectivity index (χ3v) is 4.47. The number of nitrogens with two attached hydrogens (primary N) is 1. The molecule has 0 amide bonds. The average Bonchev–Trinajstić information content (AvgIpc) is 2.76. The highest BCUT2D eigenvalue weighted by molar-refractivity contribution is 5.97. The Bertz CT molecular complexity index is 1020. The Morgan fingerprint density at radius 2 is 1.86 bits per heavy atom. The first-order chi connectivity index (χ1) is 13.6. The number of nitrogens with zero attached hydrogens (tertiary/aromatic N) is 1. The van der Waals surface area contributed by atoms with Crippen LogP contribution in [0.5, 0.6) is 5.75 Å². The van der Waals surface area contributed by atoms with Gasteiger partial charge in [-0.15, -0.1) is 0 Å². The number of amidine groups is 1. The zero-order valence-electron chi connectivity index (χ0n) is 15.5. The van der Waals surface area contributed by atoms with Gasteiger partial charge in [-0.2, -0.15) is 0 Å². The van der Waals surface area contributed by atoms with Crippen molar-refractivity contribution < 1.29 is 19.5 Å². The number of carbonyl (C=O) groups is 1. The zero-order valence-corrected chi connectivity index (χ0v) is 15.5. The summed E-state index contributed by atoms with van der Waals surface area (Å²) in [4.78, 5) is 12.5. The number of hydrogen-bond donors (Lipinski definition) is 3. The first-order valence-electron chi connectivity index (χ1n) is 8.56. The molecule has 0 aliphatic rings. The van der Waals surface area contributed by atoms with Crippen LogP contribution in [0.15, 0.2) is 65.8 Å². The maximum absolute atomic E-state index is 12.5. The van der Waals surface area contributed by atoms with Crippen LogP contribution in [0.3, 0.4) is 0 Å². The number of methoxy groups -OCH3 is 2. The van der Waals surface area contributed by atoms with Crippen molar-refractivity contribution in [3.05, 3.63) is 71.8 Å². The Morgan fingerprint density at radius 1 is 1.11 bits per heavy atom. The van der Waals surface area contributed by atoms with Crippen molar-refractivity contribution in [2.24, 2.45) is 10.9 Å². The fourth-order valence-electron chi connectivity index (χ4n) is 3.01. The molecule has 4 N–H and O–H groups in total. The second-order valence-electron chi connectivity index (χ2n) is 6.10. The Hall–Kier alpha value is -3.74. The summed E-state index contributed by atoms with van der Waals surface area (Å²) in [6, 6.07) is 17.6. The van der Waals surface area contributed by atoms with Crippen molar-refractivity contribution in [2.45, 2.75) is 6.04 Å². The summed E-state index contributed by atoms with van der Waals surface area (Å²) < 4.78 is 10.3. The van der Waals surface area contributed by atoms with E-state index in [0.29, 0.717) is 11.3 Å². The summed E-state index contributed by atoms with van der Waals surface area (Å²) in [6.45, 7) is 0. The highest BCUT2D eigenvalue weighted by Gasteiger charge is 2.23. The number of hydrogen-bond acceptors (Lipinski definition) is 6. The summed E-state index contributed by atoms with van der Waals surface area (Å²) in [6.07, 6.45) is 0. The van der Waals surface area contributed by atoms with E-state index in [2.05, 4.69) is 10.5 Å². The molecule has 0 aliphatic carbocycles. The predicted octanol–water partition coefficient (Wildman–Crippen LogP) is 3.27. The van der Waals surface area contributed by atoms with Gasteiger partial charge in [-0.3, -0.25) is 0 Å². The number of fused-ring (bicyclic) bond motifs is 1. The fourth-order valence-corrected chi connectivity index (χ4v) is 3.01. The molecule has 144 valence electrons. The lowest BCUT2D eigenvalue weighted by molar-refractivity contribution is -0.141. The van der Waals surface area contributed by atoms with Crippen LogP contribution in [0, 0.1) is 0 Å². The molecule has 7 nitrogen and oxygen atoms in total. The van der Waals surface area contributed by atoms with Crippen LogP contribution in [0.25, 0.3) is 10.8 Å². The molecular weight excluding hydrogens is 358 g/mol. The summed E-state index contributed by atoms with van der Waals surface area (Å²) in [5.41, 5.74) is 7.63. The van der Waals surface area contributed by atoms with E-state index in [1.54, 1.807) is 31.4 Å². The van der Waals surface area contributed by atoms with Gasteiger partial charge < -0.3 is 25.7 Å².